The molecule has 2 atom stereocenters. The first-order valence-electron chi connectivity index (χ1n) is 9.87. The molecule has 35 heavy (non-hydrogen) atoms. The monoisotopic (exact) mass is 579 g/mol. The van der Waals surface area contributed by atoms with Gasteiger partial charge < -0.3 is 19.9 Å². The van der Waals surface area contributed by atoms with Gasteiger partial charge in [-0.3, -0.25) is 4.79 Å². The summed E-state index contributed by atoms with van der Waals surface area (Å²) in [6, 6.07) is 17.5. The summed E-state index contributed by atoms with van der Waals surface area (Å²) in [5.41, 5.74) is 0.258. The maximum Gasteiger partial charge on any atom is 0.349 e. The number of carbonyl (C=O) groups is 4. The maximum absolute atomic E-state index is 13.1. The van der Waals surface area contributed by atoms with E-state index in [1.807, 2.05) is 0 Å². The topological polar surface area (TPSA) is 119 Å². The lowest BCUT2D eigenvalue weighted by molar-refractivity contribution is -0.157. The Hall–Kier alpha value is -3.40. The number of benzene rings is 3. The van der Waals surface area contributed by atoms with Crippen LogP contribution in [0.5, 0.6) is 0 Å². The molecule has 0 fully saturated rings. The summed E-state index contributed by atoms with van der Waals surface area (Å²) in [6.07, 6.45) is -4.21. The van der Waals surface area contributed by atoms with Crippen LogP contribution < -0.4 is 5.32 Å². The van der Waals surface area contributed by atoms with Gasteiger partial charge in [0.25, 0.3) is 5.91 Å². The summed E-state index contributed by atoms with van der Waals surface area (Å²) >= 11 is 14.9. The van der Waals surface area contributed by atoms with Crippen molar-refractivity contribution in [2.45, 2.75) is 12.2 Å². The van der Waals surface area contributed by atoms with Crippen molar-refractivity contribution in [3.05, 3.63) is 98.4 Å². The van der Waals surface area contributed by atoms with Gasteiger partial charge in [0.2, 0.25) is 12.2 Å². The SMILES string of the molecule is O=C(O[C@H](C(=O)O)[C@@H](OC(=O)c1ccc(Cl)cc1)C(=O)Nc1ccccc1Br)c1ccc(Cl)cc1. The normalized spacial score (nSPS) is 12.2. The lowest BCUT2D eigenvalue weighted by Gasteiger charge is -2.24. The highest BCUT2D eigenvalue weighted by Crippen LogP contribution is 2.23. The van der Waals surface area contributed by atoms with E-state index in [9.17, 15) is 24.3 Å². The van der Waals surface area contributed by atoms with Crippen LogP contribution in [0.25, 0.3) is 0 Å². The predicted molar refractivity (Wildman–Crippen MR) is 132 cm³/mol. The second-order valence-electron chi connectivity index (χ2n) is 6.97. The highest BCUT2D eigenvalue weighted by Gasteiger charge is 2.41. The number of ether oxygens (including phenoxy) is 2. The molecule has 0 saturated heterocycles. The third-order valence-electron chi connectivity index (χ3n) is 4.54. The molecule has 0 unspecified atom stereocenters. The van der Waals surface area contributed by atoms with E-state index in [0.29, 0.717) is 14.5 Å². The van der Waals surface area contributed by atoms with Crippen LogP contribution in [0.15, 0.2) is 77.3 Å². The highest BCUT2D eigenvalue weighted by molar-refractivity contribution is 9.10. The van der Waals surface area contributed by atoms with Gasteiger partial charge in [0.1, 0.15) is 0 Å². The summed E-state index contributed by atoms with van der Waals surface area (Å²) in [5.74, 6) is -4.82. The second kappa shape index (κ2) is 11.8. The number of anilines is 1. The Bertz CT molecular complexity index is 1250. The number of aliphatic carboxylic acids is 1. The van der Waals surface area contributed by atoms with Gasteiger partial charge in [-0.1, -0.05) is 35.3 Å². The number of hydrogen-bond donors (Lipinski definition) is 2. The molecular formula is C24H16BrCl2NO7. The first-order chi connectivity index (χ1) is 16.7. The fourth-order valence-corrected chi connectivity index (χ4v) is 3.44. The number of carbonyl (C=O) groups excluding carboxylic acids is 3. The zero-order valence-corrected chi connectivity index (χ0v) is 20.7. The van der Waals surface area contributed by atoms with E-state index in [1.165, 1.54) is 54.6 Å². The van der Waals surface area contributed by atoms with E-state index < -0.39 is 36.0 Å². The fraction of sp³-hybridized carbons (Fsp3) is 0.0833. The Morgan fingerprint density at radius 1 is 0.743 bits per heavy atom. The predicted octanol–water partition coefficient (Wildman–Crippen LogP) is 5.23. The van der Waals surface area contributed by atoms with Gasteiger partial charge in [0.05, 0.1) is 16.8 Å². The summed E-state index contributed by atoms with van der Waals surface area (Å²) in [4.78, 5) is 50.4. The van der Waals surface area contributed by atoms with Crippen molar-refractivity contribution in [3.8, 4) is 0 Å². The van der Waals surface area contributed by atoms with Gasteiger partial charge >= 0.3 is 17.9 Å². The third kappa shape index (κ3) is 7.05. The molecule has 11 heteroatoms. The quantitative estimate of drug-likeness (QED) is 0.350. The number of halogens is 3. The Labute approximate surface area is 217 Å². The van der Waals surface area contributed by atoms with Crippen LogP contribution in [-0.4, -0.2) is 41.1 Å². The summed E-state index contributed by atoms with van der Waals surface area (Å²) in [7, 11) is 0. The highest BCUT2D eigenvalue weighted by atomic mass is 79.9. The van der Waals surface area contributed by atoms with Crippen molar-refractivity contribution < 1.29 is 33.8 Å². The fourth-order valence-electron chi connectivity index (χ4n) is 2.80. The van der Waals surface area contributed by atoms with E-state index in [1.54, 1.807) is 18.2 Å². The molecule has 0 saturated carbocycles. The third-order valence-corrected chi connectivity index (χ3v) is 5.73. The molecule has 0 bridgehead atoms. The Morgan fingerprint density at radius 2 is 1.20 bits per heavy atom. The lowest BCUT2D eigenvalue weighted by atomic mass is 10.1. The zero-order chi connectivity index (χ0) is 25.5. The number of carboxylic acid groups (broad SMARTS) is 1. The number of nitrogens with one attached hydrogen (secondary N) is 1. The average molecular weight is 581 g/mol. The molecular weight excluding hydrogens is 565 g/mol. The van der Waals surface area contributed by atoms with E-state index >= 15 is 0 Å². The number of amides is 1. The van der Waals surface area contributed by atoms with Crippen molar-refractivity contribution >= 4 is 68.6 Å². The standard InChI is InChI=1S/C24H16BrCl2NO7/c25-17-3-1-2-4-18(17)28-21(29)19(34-23(32)13-5-9-15(26)10-6-13)20(22(30)31)35-24(33)14-7-11-16(27)12-8-14/h1-12,19-20H,(H,28,29)(H,30,31)/t19-,20+/m1/s1. The van der Waals surface area contributed by atoms with Crippen LogP contribution in [0.3, 0.4) is 0 Å². The van der Waals surface area contributed by atoms with Gasteiger partial charge in [0, 0.05) is 14.5 Å². The summed E-state index contributed by atoms with van der Waals surface area (Å²) in [5, 5.41) is 13.0. The van der Waals surface area contributed by atoms with Gasteiger partial charge in [-0.05, 0) is 76.6 Å². The molecule has 8 nitrogen and oxygen atoms in total. The molecule has 3 aromatic carbocycles. The molecule has 0 aliphatic heterocycles. The number of esters is 2. The maximum atomic E-state index is 13.1. The number of hydrogen-bond acceptors (Lipinski definition) is 6. The van der Waals surface area contributed by atoms with Gasteiger partial charge in [-0.2, -0.15) is 0 Å². The van der Waals surface area contributed by atoms with E-state index in [0.717, 1.165) is 0 Å². The van der Waals surface area contributed by atoms with Crippen LogP contribution in [0.1, 0.15) is 20.7 Å². The minimum atomic E-state index is -2.17. The number of carboxylic acids is 1. The van der Waals surface area contributed by atoms with Crippen LogP contribution in [0, 0.1) is 0 Å². The van der Waals surface area contributed by atoms with Crippen molar-refractivity contribution in [2.24, 2.45) is 0 Å². The van der Waals surface area contributed by atoms with Gasteiger partial charge in [-0.25, -0.2) is 14.4 Å². The first kappa shape index (κ1) is 26.2. The zero-order valence-electron chi connectivity index (χ0n) is 17.6. The van der Waals surface area contributed by atoms with Crippen molar-refractivity contribution in [2.75, 3.05) is 5.32 Å². The van der Waals surface area contributed by atoms with E-state index in [2.05, 4.69) is 21.2 Å². The molecule has 0 radical (unpaired) electrons. The van der Waals surface area contributed by atoms with Gasteiger partial charge in [0.15, 0.2) is 0 Å². The minimum absolute atomic E-state index is 0.00117. The lowest BCUT2D eigenvalue weighted by Crippen LogP contribution is -2.48. The van der Waals surface area contributed by atoms with Crippen molar-refractivity contribution in [1.82, 2.24) is 0 Å². The molecule has 3 aromatic rings. The van der Waals surface area contributed by atoms with Crippen LogP contribution in [-0.2, 0) is 19.1 Å². The summed E-state index contributed by atoms with van der Waals surface area (Å²) < 4.78 is 10.8. The molecule has 0 aliphatic rings. The van der Waals surface area contributed by atoms with Crippen molar-refractivity contribution in [3.63, 3.8) is 0 Å². The second-order valence-corrected chi connectivity index (χ2v) is 8.70. The number of para-hydroxylation sites is 1. The van der Waals surface area contributed by atoms with E-state index in [4.69, 9.17) is 32.7 Å². The first-order valence-corrected chi connectivity index (χ1v) is 11.4. The van der Waals surface area contributed by atoms with Crippen molar-refractivity contribution in [1.29, 1.82) is 0 Å². The molecule has 1 amide bonds. The Kier molecular flexibility index (Phi) is 8.86. The van der Waals surface area contributed by atoms with E-state index in [-0.39, 0.29) is 16.8 Å². The van der Waals surface area contributed by atoms with Crippen LogP contribution in [0.4, 0.5) is 5.69 Å². The molecule has 0 heterocycles. The average Bonchev–Trinajstić information content (AvgIpc) is 2.83. The Morgan fingerprint density at radius 3 is 1.66 bits per heavy atom. The molecule has 3 rings (SSSR count). The molecule has 0 aliphatic carbocycles. The van der Waals surface area contributed by atoms with Gasteiger partial charge in [-0.15, -0.1) is 0 Å². The minimum Gasteiger partial charge on any atom is -0.478 e. The number of rotatable bonds is 8. The van der Waals surface area contributed by atoms with Crippen LogP contribution >= 0.6 is 39.1 Å². The summed E-state index contributed by atoms with van der Waals surface area (Å²) in [6.45, 7) is 0. The molecule has 2 N–H and O–H groups in total. The Balaban J connectivity index is 1.91. The molecule has 0 spiro atoms. The molecule has 180 valence electrons. The smallest absolute Gasteiger partial charge is 0.349 e. The molecule has 0 aromatic heterocycles. The largest absolute Gasteiger partial charge is 0.478 e. The van der Waals surface area contributed by atoms with Crippen LogP contribution in [0.2, 0.25) is 10.0 Å².